The zero-order chi connectivity index (χ0) is 5.54. The molecule has 0 aromatic heterocycles. The summed E-state index contributed by atoms with van der Waals surface area (Å²) < 4.78 is 0. The molecule has 0 aromatic rings. The second-order valence-electron chi connectivity index (χ2n) is 1.26. The second-order valence-corrected chi connectivity index (χ2v) is 1.26. The molecule has 0 saturated carbocycles. The van der Waals surface area contributed by atoms with Crippen molar-refractivity contribution < 1.29 is 5.11 Å². The van der Waals surface area contributed by atoms with E-state index in [1.165, 1.54) is 0 Å². The normalized spacial score (nSPS) is 8.25. The molecule has 0 fully saturated rings. The van der Waals surface area contributed by atoms with Crippen molar-refractivity contribution >= 4 is 12.4 Å². The van der Waals surface area contributed by atoms with Gasteiger partial charge in [0.05, 0.1) is 6.61 Å². The Morgan fingerprint density at radius 1 is 1.38 bits per heavy atom. The van der Waals surface area contributed by atoms with Crippen LogP contribution >= 0.6 is 12.4 Å². The van der Waals surface area contributed by atoms with Crippen molar-refractivity contribution in [2.75, 3.05) is 26.2 Å². The predicted molar refractivity (Wildman–Crippen MR) is 36.3 cm³/mol. The summed E-state index contributed by atoms with van der Waals surface area (Å²) >= 11 is 0. The molecule has 0 radical (unpaired) electrons. The topological polar surface area (TPSA) is 58.3 Å². The maximum Gasteiger partial charge on any atom is 0.0555 e. The van der Waals surface area contributed by atoms with Gasteiger partial charge in [0, 0.05) is 19.6 Å². The Hall–Kier alpha value is 0.170. The molecule has 0 atom stereocenters. The summed E-state index contributed by atoms with van der Waals surface area (Å²) in [6.45, 7) is 2.28. The number of aliphatic hydroxyl groups is 1. The molecule has 52 valence electrons. The van der Waals surface area contributed by atoms with Gasteiger partial charge in [-0.1, -0.05) is 0 Å². The third-order valence-corrected chi connectivity index (χ3v) is 0.610. The van der Waals surface area contributed by atoms with Crippen molar-refractivity contribution in [1.82, 2.24) is 5.32 Å². The van der Waals surface area contributed by atoms with Gasteiger partial charge in [-0.2, -0.15) is 0 Å². The first-order valence-electron chi connectivity index (χ1n) is 2.43. The first-order valence-corrected chi connectivity index (χ1v) is 2.43. The zero-order valence-corrected chi connectivity index (χ0v) is 5.58. The summed E-state index contributed by atoms with van der Waals surface area (Å²) in [4.78, 5) is 0. The molecule has 4 N–H and O–H groups in total. The minimum Gasteiger partial charge on any atom is -0.395 e. The van der Waals surface area contributed by atoms with Crippen molar-refractivity contribution in [3.63, 3.8) is 0 Å². The van der Waals surface area contributed by atoms with Crippen LogP contribution in [0, 0.1) is 0 Å². The zero-order valence-electron chi connectivity index (χ0n) is 4.76. The van der Waals surface area contributed by atoms with Crippen LogP contribution in [0.15, 0.2) is 0 Å². The van der Waals surface area contributed by atoms with Crippen LogP contribution in [0.1, 0.15) is 0 Å². The van der Waals surface area contributed by atoms with Crippen LogP contribution in [0.3, 0.4) is 0 Å². The fourth-order valence-electron chi connectivity index (χ4n) is 0.306. The molecule has 0 amide bonds. The fourth-order valence-corrected chi connectivity index (χ4v) is 0.306. The maximum absolute atomic E-state index is 8.19. The molecule has 0 bridgehead atoms. The number of hydrogen-bond donors (Lipinski definition) is 3. The van der Waals surface area contributed by atoms with Crippen molar-refractivity contribution in [2.24, 2.45) is 5.73 Å². The number of nitrogens with one attached hydrogen (secondary N) is 1. The van der Waals surface area contributed by atoms with Crippen molar-refractivity contribution in [3.05, 3.63) is 0 Å². The molecule has 0 aliphatic carbocycles. The molecule has 0 aromatic carbocycles. The molecule has 0 rings (SSSR count). The minimum absolute atomic E-state index is 0. The molecule has 4 heteroatoms. The van der Waals surface area contributed by atoms with Crippen LogP contribution in [0.4, 0.5) is 0 Å². The lowest BCUT2D eigenvalue weighted by atomic mass is 10.6. The Morgan fingerprint density at radius 3 is 2.38 bits per heavy atom. The van der Waals surface area contributed by atoms with E-state index >= 15 is 0 Å². The molecule has 3 nitrogen and oxygen atoms in total. The highest BCUT2D eigenvalue weighted by Gasteiger charge is 1.77. The van der Waals surface area contributed by atoms with Gasteiger partial charge in [0.2, 0.25) is 0 Å². The average molecular weight is 141 g/mol. The molecule has 0 heterocycles. The van der Waals surface area contributed by atoms with Crippen molar-refractivity contribution in [2.45, 2.75) is 0 Å². The summed E-state index contributed by atoms with van der Waals surface area (Å²) in [7, 11) is 0. The number of rotatable bonds is 4. The van der Waals surface area contributed by atoms with Gasteiger partial charge in [-0.3, -0.25) is 0 Å². The van der Waals surface area contributed by atoms with Crippen LogP contribution in [-0.2, 0) is 0 Å². The van der Waals surface area contributed by atoms with E-state index in [2.05, 4.69) is 5.32 Å². The maximum atomic E-state index is 8.19. The van der Waals surface area contributed by atoms with E-state index in [1.807, 2.05) is 0 Å². The molecule has 0 spiro atoms. The third-order valence-electron chi connectivity index (χ3n) is 0.610. The summed E-state index contributed by atoms with van der Waals surface area (Å²) in [6, 6.07) is 0. The third kappa shape index (κ3) is 9.48. The van der Waals surface area contributed by atoms with E-state index in [0.717, 1.165) is 6.54 Å². The summed E-state index contributed by atoms with van der Waals surface area (Å²) in [6.07, 6.45) is 0. The summed E-state index contributed by atoms with van der Waals surface area (Å²) in [5, 5.41) is 11.1. The van der Waals surface area contributed by atoms with Crippen molar-refractivity contribution in [1.29, 1.82) is 0 Å². The largest absolute Gasteiger partial charge is 0.395 e. The van der Waals surface area contributed by atoms with Gasteiger partial charge in [-0.05, 0) is 0 Å². The predicted octanol–water partition coefficient (Wildman–Crippen LogP) is -1.05. The number of hydrogen-bond acceptors (Lipinski definition) is 3. The monoisotopic (exact) mass is 140 g/mol. The Morgan fingerprint density at radius 2 is 2.00 bits per heavy atom. The molecule has 0 aliphatic heterocycles. The van der Waals surface area contributed by atoms with Crippen LogP contribution in [0.25, 0.3) is 0 Å². The minimum atomic E-state index is 0. The van der Waals surface area contributed by atoms with E-state index in [1.54, 1.807) is 0 Å². The SMILES string of the molecule is Cl.NCCNCCO. The van der Waals surface area contributed by atoms with E-state index in [-0.39, 0.29) is 19.0 Å². The molecule has 0 aliphatic rings. The summed E-state index contributed by atoms with van der Waals surface area (Å²) in [5.41, 5.74) is 5.13. The Labute approximate surface area is 55.7 Å². The van der Waals surface area contributed by atoms with E-state index in [0.29, 0.717) is 13.1 Å². The van der Waals surface area contributed by atoms with Gasteiger partial charge in [-0.15, -0.1) is 12.4 Å². The number of nitrogens with two attached hydrogens (primary N) is 1. The van der Waals surface area contributed by atoms with Gasteiger partial charge in [0.1, 0.15) is 0 Å². The Kier molecular flexibility index (Phi) is 14.1. The van der Waals surface area contributed by atoms with Gasteiger partial charge < -0.3 is 16.2 Å². The van der Waals surface area contributed by atoms with Crippen LogP contribution < -0.4 is 11.1 Å². The van der Waals surface area contributed by atoms with Gasteiger partial charge in [0.25, 0.3) is 0 Å². The van der Waals surface area contributed by atoms with Gasteiger partial charge in [0.15, 0.2) is 0 Å². The Balaban J connectivity index is 0. The van der Waals surface area contributed by atoms with Gasteiger partial charge in [-0.25, -0.2) is 0 Å². The quantitative estimate of drug-likeness (QED) is 0.437. The highest BCUT2D eigenvalue weighted by Crippen LogP contribution is 1.51. The number of halogens is 1. The van der Waals surface area contributed by atoms with E-state index < -0.39 is 0 Å². The fraction of sp³-hybridized carbons (Fsp3) is 1.00. The second kappa shape index (κ2) is 10.2. The average Bonchev–Trinajstić information content (AvgIpc) is 1.69. The van der Waals surface area contributed by atoms with Gasteiger partial charge >= 0.3 is 0 Å². The lowest BCUT2D eigenvalue weighted by Crippen LogP contribution is -2.24. The first-order chi connectivity index (χ1) is 3.41. The van der Waals surface area contributed by atoms with Crippen LogP contribution in [0.2, 0.25) is 0 Å². The lowest BCUT2D eigenvalue weighted by molar-refractivity contribution is 0.293. The number of aliphatic hydroxyl groups excluding tert-OH is 1. The highest BCUT2D eigenvalue weighted by atomic mass is 35.5. The van der Waals surface area contributed by atoms with Crippen molar-refractivity contribution in [3.8, 4) is 0 Å². The molecule has 8 heavy (non-hydrogen) atoms. The van der Waals surface area contributed by atoms with Crippen LogP contribution in [0.5, 0.6) is 0 Å². The molecular formula is C4H13ClN2O. The molecule has 0 unspecified atom stereocenters. The first kappa shape index (κ1) is 11.0. The van der Waals surface area contributed by atoms with E-state index in [9.17, 15) is 0 Å². The highest BCUT2D eigenvalue weighted by molar-refractivity contribution is 5.85. The van der Waals surface area contributed by atoms with E-state index in [4.69, 9.17) is 10.8 Å². The lowest BCUT2D eigenvalue weighted by Gasteiger charge is -1.95. The summed E-state index contributed by atoms with van der Waals surface area (Å²) in [5.74, 6) is 0. The van der Waals surface area contributed by atoms with Crippen LogP contribution in [-0.4, -0.2) is 31.3 Å². The molecular weight excluding hydrogens is 128 g/mol. The smallest absolute Gasteiger partial charge is 0.0555 e. The molecule has 0 saturated heterocycles. The Bertz CT molecular complexity index is 33.2. The standard InChI is InChI=1S/C4H12N2O.ClH/c5-1-2-6-3-4-7;/h6-7H,1-5H2;1H.